The molecule has 0 aliphatic carbocycles. The van der Waals surface area contributed by atoms with E-state index in [-0.39, 0.29) is 5.91 Å². The Morgan fingerprint density at radius 3 is 2.58 bits per heavy atom. The van der Waals surface area contributed by atoms with E-state index in [4.69, 9.17) is 0 Å². The molecule has 3 nitrogen and oxygen atoms in total. The first-order chi connectivity index (χ1) is 9.34. The molecule has 0 aromatic heterocycles. The molecule has 1 amide bonds. The maximum Gasteiger partial charge on any atom is 0.254 e. The van der Waals surface area contributed by atoms with Gasteiger partial charge in [-0.1, -0.05) is 24.6 Å². The first-order valence-electron chi connectivity index (χ1n) is 7.44. The highest BCUT2D eigenvalue weighted by molar-refractivity contribution is 5.98. The molecule has 3 rings (SSSR count). The molecular weight excluding hydrogens is 236 g/mol. The van der Waals surface area contributed by atoms with Crippen LogP contribution in [0.1, 0.15) is 41.6 Å². The zero-order valence-corrected chi connectivity index (χ0v) is 11.5. The second-order valence-electron chi connectivity index (χ2n) is 5.64. The van der Waals surface area contributed by atoms with Gasteiger partial charge in [0, 0.05) is 18.7 Å². The van der Waals surface area contributed by atoms with Crippen LogP contribution in [0.2, 0.25) is 0 Å². The highest BCUT2D eigenvalue weighted by Gasteiger charge is 2.26. The summed E-state index contributed by atoms with van der Waals surface area (Å²) in [4.78, 5) is 16.7. The predicted molar refractivity (Wildman–Crippen MR) is 76.1 cm³/mol. The van der Waals surface area contributed by atoms with Crippen molar-refractivity contribution in [3.05, 3.63) is 35.4 Å². The SMILES string of the molecule is O=C1c2ccccc2CN1CCCN1CCCCC1. The van der Waals surface area contributed by atoms with Crippen molar-refractivity contribution >= 4 is 5.91 Å². The van der Waals surface area contributed by atoms with Crippen molar-refractivity contribution in [2.45, 2.75) is 32.2 Å². The second-order valence-corrected chi connectivity index (χ2v) is 5.64. The lowest BCUT2D eigenvalue weighted by Crippen LogP contribution is -2.33. The fraction of sp³-hybridized carbons (Fsp3) is 0.562. The second kappa shape index (κ2) is 5.74. The lowest BCUT2D eigenvalue weighted by Gasteiger charge is -2.27. The molecule has 1 fully saturated rings. The van der Waals surface area contributed by atoms with Gasteiger partial charge in [0.2, 0.25) is 0 Å². The van der Waals surface area contributed by atoms with Crippen LogP contribution in [0.5, 0.6) is 0 Å². The number of amides is 1. The summed E-state index contributed by atoms with van der Waals surface area (Å²) in [6, 6.07) is 7.98. The van der Waals surface area contributed by atoms with E-state index in [2.05, 4.69) is 11.0 Å². The van der Waals surface area contributed by atoms with Gasteiger partial charge in [-0.3, -0.25) is 4.79 Å². The maximum atomic E-state index is 12.2. The zero-order valence-electron chi connectivity index (χ0n) is 11.5. The monoisotopic (exact) mass is 258 g/mol. The molecule has 2 aliphatic rings. The van der Waals surface area contributed by atoms with E-state index >= 15 is 0 Å². The fourth-order valence-electron chi connectivity index (χ4n) is 3.16. The van der Waals surface area contributed by atoms with Crippen LogP contribution in [0.25, 0.3) is 0 Å². The Morgan fingerprint density at radius 2 is 1.79 bits per heavy atom. The molecule has 0 spiro atoms. The lowest BCUT2D eigenvalue weighted by atomic mass is 10.1. The van der Waals surface area contributed by atoms with Crippen LogP contribution >= 0.6 is 0 Å². The van der Waals surface area contributed by atoms with Gasteiger partial charge in [-0.15, -0.1) is 0 Å². The Kier molecular flexibility index (Phi) is 3.83. The molecule has 2 aliphatic heterocycles. The van der Waals surface area contributed by atoms with Crippen LogP contribution in [0.4, 0.5) is 0 Å². The fourth-order valence-corrected chi connectivity index (χ4v) is 3.16. The molecule has 102 valence electrons. The van der Waals surface area contributed by atoms with Gasteiger partial charge in [0.25, 0.3) is 5.91 Å². The Hall–Kier alpha value is -1.35. The van der Waals surface area contributed by atoms with Crippen molar-refractivity contribution in [1.29, 1.82) is 0 Å². The first kappa shape index (κ1) is 12.7. The smallest absolute Gasteiger partial charge is 0.254 e. The van der Waals surface area contributed by atoms with E-state index in [0.717, 1.165) is 31.6 Å². The number of nitrogens with zero attached hydrogens (tertiary/aromatic N) is 2. The third-order valence-corrected chi connectivity index (χ3v) is 4.25. The molecule has 0 atom stereocenters. The number of hydrogen-bond acceptors (Lipinski definition) is 2. The topological polar surface area (TPSA) is 23.6 Å². The molecule has 0 radical (unpaired) electrons. The molecular formula is C16H22N2O. The van der Waals surface area contributed by atoms with E-state index in [1.165, 1.54) is 37.9 Å². The summed E-state index contributed by atoms with van der Waals surface area (Å²) in [7, 11) is 0. The van der Waals surface area contributed by atoms with Gasteiger partial charge < -0.3 is 9.80 Å². The van der Waals surface area contributed by atoms with Gasteiger partial charge in [-0.05, 0) is 50.5 Å². The summed E-state index contributed by atoms with van der Waals surface area (Å²) in [5.41, 5.74) is 2.09. The van der Waals surface area contributed by atoms with E-state index in [1.54, 1.807) is 0 Å². The van der Waals surface area contributed by atoms with Crippen molar-refractivity contribution in [2.75, 3.05) is 26.2 Å². The van der Waals surface area contributed by atoms with E-state index in [9.17, 15) is 4.79 Å². The minimum atomic E-state index is 0.217. The van der Waals surface area contributed by atoms with Crippen molar-refractivity contribution in [3.8, 4) is 0 Å². The molecule has 1 saturated heterocycles. The van der Waals surface area contributed by atoms with Crippen LogP contribution in [0.3, 0.4) is 0 Å². The summed E-state index contributed by atoms with van der Waals surface area (Å²) in [6.45, 7) is 5.32. The molecule has 0 bridgehead atoms. The minimum Gasteiger partial charge on any atom is -0.334 e. The largest absolute Gasteiger partial charge is 0.334 e. The summed E-state index contributed by atoms with van der Waals surface area (Å²) >= 11 is 0. The van der Waals surface area contributed by atoms with Crippen molar-refractivity contribution in [2.24, 2.45) is 0 Å². The van der Waals surface area contributed by atoms with Crippen molar-refractivity contribution < 1.29 is 4.79 Å². The van der Waals surface area contributed by atoms with Crippen molar-refractivity contribution in [1.82, 2.24) is 9.80 Å². The normalized spacial score (nSPS) is 19.8. The minimum absolute atomic E-state index is 0.217. The average Bonchev–Trinajstić information content (AvgIpc) is 2.78. The Morgan fingerprint density at radius 1 is 1.00 bits per heavy atom. The first-order valence-corrected chi connectivity index (χ1v) is 7.44. The molecule has 2 heterocycles. The number of carbonyl (C=O) groups excluding carboxylic acids is 1. The van der Waals surface area contributed by atoms with Crippen LogP contribution in [0, 0.1) is 0 Å². The van der Waals surface area contributed by atoms with Gasteiger partial charge in [-0.25, -0.2) is 0 Å². The van der Waals surface area contributed by atoms with Gasteiger partial charge in [0.1, 0.15) is 0 Å². The summed E-state index contributed by atoms with van der Waals surface area (Å²) in [5, 5.41) is 0. The maximum absolute atomic E-state index is 12.2. The van der Waals surface area contributed by atoms with Crippen LogP contribution in [-0.4, -0.2) is 41.9 Å². The third-order valence-electron chi connectivity index (χ3n) is 4.25. The molecule has 19 heavy (non-hydrogen) atoms. The highest BCUT2D eigenvalue weighted by Crippen LogP contribution is 2.22. The van der Waals surface area contributed by atoms with Crippen molar-refractivity contribution in [3.63, 3.8) is 0 Å². The Labute approximate surface area is 115 Å². The summed E-state index contributed by atoms with van der Waals surface area (Å²) in [5.74, 6) is 0.217. The number of hydrogen-bond donors (Lipinski definition) is 0. The standard InChI is InChI=1S/C16H22N2O/c19-16-15-8-3-2-7-14(15)13-18(16)12-6-11-17-9-4-1-5-10-17/h2-3,7-8H,1,4-6,9-13H2. The van der Waals surface area contributed by atoms with Gasteiger partial charge in [0.05, 0.1) is 0 Å². The predicted octanol–water partition coefficient (Wildman–Crippen LogP) is 2.52. The van der Waals surface area contributed by atoms with Crippen LogP contribution in [0.15, 0.2) is 24.3 Å². The van der Waals surface area contributed by atoms with E-state index in [1.807, 2.05) is 23.1 Å². The van der Waals surface area contributed by atoms with Gasteiger partial charge in [-0.2, -0.15) is 0 Å². The van der Waals surface area contributed by atoms with E-state index in [0.29, 0.717) is 0 Å². The summed E-state index contributed by atoms with van der Waals surface area (Å²) < 4.78 is 0. The molecule has 0 N–H and O–H groups in total. The van der Waals surface area contributed by atoms with Crippen LogP contribution in [-0.2, 0) is 6.54 Å². The van der Waals surface area contributed by atoms with E-state index < -0.39 is 0 Å². The number of piperidine rings is 1. The van der Waals surface area contributed by atoms with Gasteiger partial charge in [0.15, 0.2) is 0 Å². The zero-order chi connectivity index (χ0) is 13.1. The number of likely N-dealkylation sites (tertiary alicyclic amines) is 1. The van der Waals surface area contributed by atoms with Gasteiger partial charge >= 0.3 is 0 Å². The quantitative estimate of drug-likeness (QED) is 0.828. The highest BCUT2D eigenvalue weighted by atomic mass is 16.2. The molecule has 1 aromatic carbocycles. The molecule has 0 saturated carbocycles. The number of carbonyl (C=O) groups is 1. The number of rotatable bonds is 4. The number of fused-ring (bicyclic) bond motifs is 1. The lowest BCUT2D eigenvalue weighted by molar-refractivity contribution is 0.0769. The summed E-state index contributed by atoms with van der Waals surface area (Å²) in [6.07, 6.45) is 5.17. The Balaban J connectivity index is 1.48. The molecule has 3 heteroatoms. The Bertz CT molecular complexity index is 452. The average molecular weight is 258 g/mol. The molecule has 1 aromatic rings. The van der Waals surface area contributed by atoms with Crippen LogP contribution < -0.4 is 0 Å². The number of benzene rings is 1. The molecule has 0 unspecified atom stereocenters. The third kappa shape index (κ3) is 2.81.